The fraction of sp³-hybridized carbons (Fsp3) is 0.889. The molecule has 4 nitrogen and oxygen atoms in total. The number of carbonyl (C=O) groups is 1. The number of hydrogen-bond acceptors (Lipinski definition) is 4. The van der Waals surface area contributed by atoms with Gasteiger partial charge in [0.15, 0.2) is 0 Å². The van der Waals surface area contributed by atoms with Crippen molar-refractivity contribution in [1.82, 2.24) is 0 Å². The fourth-order valence-corrected chi connectivity index (χ4v) is 1.25. The van der Waals surface area contributed by atoms with Crippen LogP contribution in [0.25, 0.3) is 0 Å². The number of esters is 1. The third-order valence-corrected chi connectivity index (χ3v) is 2.33. The van der Waals surface area contributed by atoms with Crippen molar-refractivity contribution in [3.05, 3.63) is 0 Å². The molecule has 1 saturated heterocycles. The Kier molecular flexibility index (Phi) is 2.93. The van der Waals surface area contributed by atoms with Gasteiger partial charge in [0.2, 0.25) is 0 Å². The van der Waals surface area contributed by atoms with Crippen molar-refractivity contribution in [3.63, 3.8) is 0 Å². The number of hydrogen-bond donors (Lipinski definition) is 1. The molecule has 13 heavy (non-hydrogen) atoms. The first-order chi connectivity index (χ1) is 5.97. The summed E-state index contributed by atoms with van der Waals surface area (Å²) in [6, 6.07) is -0.251. The van der Waals surface area contributed by atoms with Crippen molar-refractivity contribution in [3.8, 4) is 0 Å². The standard InChI is InChI=1S/C9H17NO3/c1-6(2)13-8(11)9(3)5-12-4-7(9)10/h6-7H,4-5,10H2,1-3H3. The van der Waals surface area contributed by atoms with Crippen LogP contribution >= 0.6 is 0 Å². The van der Waals surface area contributed by atoms with Crippen LogP contribution in [0.5, 0.6) is 0 Å². The SMILES string of the molecule is CC(C)OC(=O)C1(C)COCC1N. The second-order valence-corrected chi connectivity index (χ2v) is 3.99. The van der Waals surface area contributed by atoms with Crippen LogP contribution in [0.4, 0.5) is 0 Å². The van der Waals surface area contributed by atoms with E-state index in [1.165, 1.54) is 0 Å². The van der Waals surface area contributed by atoms with Crippen LogP contribution in [0.15, 0.2) is 0 Å². The zero-order valence-corrected chi connectivity index (χ0v) is 8.37. The molecule has 76 valence electrons. The quantitative estimate of drug-likeness (QED) is 0.632. The molecule has 0 amide bonds. The lowest BCUT2D eigenvalue weighted by Crippen LogP contribution is -2.45. The minimum absolute atomic E-state index is 0.0999. The third kappa shape index (κ3) is 2.00. The summed E-state index contributed by atoms with van der Waals surface area (Å²) < 4.78 is 10.3. The Morgan fingerprint density at radius 3 is 2.69 bits per heavy atom. The second-order valence-electron chi connectivity index (χ2n) is 3.99. The molecule has 2 N–H and O–H groups in total. The van der Waals surface area contributed by atoms with Crippen LogP contribution in [0.2, 0.25) is 0 Å². The summed E-state index contributed by atoms with van der Waals surface area (Å²) >= 11 is 0. The molecule has 0 aromatic heterocycles. The topological polar surface area (TPSA) is 61.5 Å². The van der Waals surface area contributed by atoms with Crippen molar-refractivity contribution in [2.24, 2.45) is 11.1 Å². The van der Waals surface area contributed by atoms with Gasteiger partial charge in [-0.2, -0.15) is 0 Å². The van der Waals surface area contributed by atoms with Gasteiger partial charge in [-0.1, -0.05) is 0 Å². The molecule has 2 unspecified atom stereocenters. The first kappa shape index (κ1) is 10.5. The van der Waals surface area contributed by atoms with Gasteiger partial charge in [0.05, 0.1) is 19.3 Å². The smallest absolute Gasteiger partial charge is 0.316 e. The summed E-state index contributed by atoms with van der Waals surface area (Å²) in [6.07, 6.45) is -0.0999. The molecule has 1 aliphatic rings. The summed E-state index contributed by atoms with van der Waals surface area (Å²) in [6.45, 7) is 6.23. The Labute approximate surface area is 78.4 Å². The Bertz CT molecular complexity index is 205. The number of rotatable bonds is 2. The summed E-state index contributed by atoms with van der Waals surface area (Å²) in [4.78, 5) is 11.6. The highest BCUT2D eigenvalue weighted by atomic mass is 16.5. The highest BCUT2D eigenvalue weighted by molar-refractivity contribution is 5.78. The van der Waals surface area contributed by atoms with E-state index in [0.29, 0.717) is 13.2 Å². The van der Waals surface area contributed by atoms with Gasteiger partial charge in [-0.25, -0.2) is 0 Å². The van der Waals surface area contributed by atoms with Gasteiger partial charge < -0.3 is 15.2 Å². The molecule has 0 aromatic rings. The molecule has 0 radical (unpaired) electrons. The second kappa shape index (κ2) is 3.64. The lowest BCUT2D eigenvalue weighted by Gasteiger charge is -2.25. The Morgan fingerprint density at radius 2 is 2.31 bits per heavy atom. The van der Waals surface area contributed by atoms with Crippen LogP contribution < -0.4 is 5.73 Å². The van der Waals surface area contributed by atoms with E-state index in [0.717, 1.165) is 0 Å². The molecule has 0 spiro atoms. The van der Waals surface area contributed by atoms with Gasteiger partial charge in [0.1, 0.15) is 5.41 Å². The van der Waals surface area contributed by atoms with Gasteiger partial charge in [0.25, 0.3) is 0 Å². The van der Waals surface area contributed by atoms with Crippen molar-refractivity contribution < 1.29 is 14.3 Å². The number of carbonyl (C=O) groups excluding carboxylic acids is 1. The Hall–Kier alpha value is -0.610. The zero-order chi connectivity index (χ0) is 10.1. The number of ether oxygens (including phenoxy) is 2. The average molecular weight is 187 g/mol. The predicted octanol–water partition coefficient (Wildman–Crippen LogP) is 0.302. The largest absolute Gasteiger partial charge is 0.462 e. The molecular weight excluding hydrogens is 170 g/mol. The lowest BCUT2D eigenvalue weighted by atomic mass is 9.86. The lowest BCUT2D eigenvalue weighted by molar-refractivity contribution is -0.159. The minimum atomic E-state index is -0.662. The maximum atomic E-state index is 11.6. The Balaban J connectivity index is 2.63. The van der Waals surface area contributed by atoms with Gasteiger partial charge in [-0.3, -0.25) is 4.79 Å². The summed E-state index contributed by atoms with van der Waals surface area (Å²) in [5, 5.41) is 0. The van der Waals surface area contributed by atoms with Crippen LogP contribution in [-0.4, -0.2) is 31.3 Å². The molecule has 1 fully saturated rings. The molecule has 0 aromatic carbocycles. The highest BCUT2D eigenvalue weighted by Gasteiger charge is 2.45. The van der Waals surface area contributed by atoms with E-state index >= 15 is 0 Å². The molecule has 1 rings (SSSR count). The van der Waals surface area contributed by atoms with Crippen LogP contribution in [-0.2, 0) is 14.3 Å². The predicted molar refractivity (Wildman–Crippen MR) is 48.1 cm³/mol. The van der Waals surface area contributed by atoms with Crippen molar-refractivity contribution in [1.29, 1.82) is 0 Å². The molecule has 0 aliphatic carbocycles. The molecule has 2 atom stereocenters. The van der Waals surface area contributed by atoms with Crippen LogP contribution in [0.3, 0.4) is 0 Å². The fourth-order valence-electron chi connectivity index (χ4n) is 1.25. The van der Waals surface area contributed by atoms with Crippen molar-refractivity contribution in [2.75, 3.05) is 13.2 Å². The van der Waals surface area contributed by atoms with E-state index in [9.17, 15) is 4.79 Å². The molecule has 0 saturated carbocycles. The van der Waals surface area contributed by atoms with Crippen LogP contribution in [0.1, 0.15) is 20.8 Å². The molecule has 1 heterocycles. The maximum Gasteiger partial charge on any atom is 0.316 e. The van der Waals surface area contributed by atoms with Crippen LogP contribution in [0, 0.1) is 5.41 Å². The van der Waals surface area contributed by atoms with E-state index in [1.54, 1.807) is 6.92 Å². The summed E-state index contributed by atoms with van der Waals surface area (Å²) in [5.74, 6) is -0.257. The zero-order valence-electron chi connectivity index (χ0n) is 8.37. The first-order valence-electron chi connectivity index (χ1n) is 4.51. The van der Waals surface area contributed by atoms with E-state index in [2.05, 4.69) is 0 Å². The first-order valence-corrected chi connectivity index (χ1v) is 4.51. The van der Waals surface area contributed by atoms with Crippen molar-refractivity contribution in [2.45, 2.75) is 32.9 Å². The van der Waals surface area contributed by atoms with Crippen molar-refractivity contribution >= 4 is 5.97 Å². The van der Waals surface area contributed by atoms with Gasteiger partial charge >= 0.3 is 5.97 Å². The van der Waals surface area contributed by atoms with Gasteiger partial charge in [-0.05, 0) is 20.8 Å². The third-order valence-electron chi connectivity index (χ3n) is 2.33. The molecule has 0 bridgehead atoms. The highest BCUT2D eigenvalue weighted by Crippen LogP contribution is 2.28. The summed E-state index contributed by atoms with van der Waals surface area (Å²) in [7, 11) is 0. The van der Waals surface area contributed by atoms with E-state index in [4.69, 9.17) is 15.2 Å². The maximum absolute atomic E-state index is 11.6. The average Bonchev–Trinajstić information content (AvgIpc) is 2.32. The van der Waals surface area contributed by atoms with E-state index < -0.39 is 5.41 Å². The number of nitrogens with two attached hydrogens (primary N) is 1. The minimum Gasteiger partial charge on any atom is -0.462 e. The normalized spacial score (nSPS) is 33.8. The van der Waals surface area contributed by atoms with Gasteiger partial charge in [-0.15, -0.1) is 0 Å². The van der Waals surface area contributed by atoms with Gasteiger partial charge in [0, 0.05) is 6.04 Å². The molecule has 1 aliphatic heterocycles. The molecular formula is C9H17NO3. The summed E-state index contributed by atoms with van der Waals surface area (Å²) in [5.41, 5.74) is 5.10. The van der Waals surface area contributed by atoms with E-state index in [1.807, 2.05) is 13.8 Å². The molecule has 4 heteroatoms. The monoisotopic (exact) mass is 187 g/mol. The van der Waals surface area contributed by atoms with E-state index in [-0.39, 0.29) is 18.1 Å². The Morgan fingerprint density at radius 1 is 1.69 bits per heavy atom.